The molecule has 0 aliphatic carbocycles. The molecule has 2 heterocycles. The van der Waals surface area contributed by atoms with Crippen LogP contribution in [-0.4, -0.2) is 97.0 Å². The second-order valence-corrected chi connectivity index (χ2v) is 8.58. The molecule has 8 heteroatoms. The summed E-state index contributed by atoms with van der Waals surface area (Å²) in [4.78, 5) is 24.1. The zero-order valence-electron chi connectivity index (χ0n) is 17.3. The van der Waals surface area contributed by atoms with Gasteiger partial charge >= 0.3 is 0 Å². The summed E-state index contributed by atoms with van der Waals surface area (Å²) in [6.07, 6.45) is 6.99. The van der Waals surface area contributed by atoms with Gasteiger partial charge in [-0.05, 0) is 26.0 Å². The summed E-state index contributed by atoms with van der Waals surface area (Å²) >= 11 is 1.85. The van der Waals surface area contributed by atoms with Gasteiger partial charge in [0.15, 0.2) is 5.96 Å². The molecule has 2 fully saturated rings. The number of piperazine rings is 1. The monoisotopic (exact) mass is 511 g/mol. The van der Waals surface area contributed by atoms with E-state index >= 15 is 0 Å². The third-order valence-corrected chi connectivity index (χ3v) is 6.18. The zero-order chi connectivity index (χ0) is 18.8. The summed E-state index contributed by atoms with van der Waals surface area (Å²) in [6, 6.07) is 0. The van der Waals surface area contributed by atoms with Gasteiger partial charge in [-0.3, -0.25) is 14.7 Å². The van der Waals surface area contributed by atoms with E-state index in [0.717, 1.165) is 71.2 Å². The first-order chi connectivity index (χ1) is 12.6. The van der Waals surface area contributed by atoms with E-state index in [9.17, 15) is 4.79 Å². The van der Waals surface area contributed by atoms with Crippen LogP contribution in [0.1, 0.15) is 39.5 Å². The highest BCUT2D eigenvalue weighted by Gasteiger charge is 2.23. The fraction of sp³-hybridized carbons (Fsp3) is 0.895. The molecule has 2 aliphatic heterocycles. The van der Waals surface area contributed by atoms with Crippen LogP contribution in [0.3, 0.4) is 0 Å². The van der Waals surface area contributed by atoms with E-state index in [1.54, 1.807) is 0 Å². The smallest absolute Gasteiger partial charge is 0.236 e. The lowest BCUT2D eigenvalue weighted by atomic mass is 10.2. The Kier molecular flexibility index (Phi) is 12.8. The van der Waals surface area contributed by atoms with Crippen molar-refractivity contribution >= 4 is 47.6 Å². The first-order valence-corrected chi connectivity index (χ1v) is 11.5. The minimum atomic E-state index is 0. The van der Waals surface area contributed by atoms with Crippen molar-refractivity contribution in [2.24, 2.45) is 4.99 Å². The predicted molar refractivity (Wildman–Crippen MR) is 127 cm³/mol. The number of rotatable bonds is 6. The fourth-order valence-corrected chi connectivity index (χ4v) is 3.67. The normalized spacial score (nSPS) is 20.6. The largest absolute Gasteiger partial charge is 0.357 e. The summed E-state index contributed by atoms with van der Waals surface area (Å²) in [7, 11) is 0. The Morgan fingerprint density at radius 2 is 1.67 bits per heavy atom. The number of carbonyl (C=O) groups is 1. The van der Waals surface area contributed by atoms with Gasteiger partial charge in [0, 0.05) is 51.1 Å². The summed E-state index contributed by atoms with van der Waals surface area (Å²) in [5.41, 5.74) is 0. The van der Waals surface area contributed by atoms with Crippen LogP contribution < -0.4 is 5.32 Å². The van der Waals surface area contributed by atoms with Crippen molar-refractivity contribution in [2.45, 2.75) is 44.8 Å². The van der Waals surface area contributed by atoms with E-state index in [1.807, 2.05) is 11.8 Å². The van der Waals surface area contributed by atoms with Gasteiger partial charge in [-0.2, -0.15) is 11.8 Å². The molecule has 1 N–H and O–H groups in total. The first kappa shape index (κ1) is 24.8. The molecule has 2 aliphatic rings. The van der Waals surface area contributed by atoms with Crippen molar-refractivity contribution in [3.05, 3.63) is 0 Å². The van der Waals surface area contributed by atoms with E-state index < -0.39 is 0 Å². The van der Waals surface area contributed by atoms with Crippen LogP contribution in [0, 0.1) is 0 Å². The highest BCUT2D eigenvalue weighted by molar-refractivity contribution is 14.0. The maximum Gasteiger partial charge on any atom is 0.236 e. The number of likely N-dealkylation sites (tertiary alicyclic amines) is 1. The standard InChI is InChI=1S/C19H37N5OS.HI/c1-4-20-19(21-15-17(2)26-3)24-13-11-22(12-14-24)16-18(25)23-9-7-5-6-8-10-23;/h17H,4-16H2,1-3H3,(H,20,21);1H. The molecule has 158 valence electrons. The molecule has 0 spiro atoms. The van der Waals surface area contributed by atoms with Crippen molar-refractivity contribution in [2.75, 3.05) is 65.2 Å². The molecule has 0 saturated carbocycles. The molecule has 1 amide bonds. The molecule has 1 atom stereocenters. The van der Waals surface area contributed by atoms with Gasteiger partial charge < -0.3 is 15.1 Å². The third kappa shape index (κ3) is 8.77. The zero-order valence-corrected chi connectivity index (χ0v) is 20.4. The Morgan fingerprint density at radius 3 is 2.22 bits per heavy atom. The van der Waals surface area contributed by atoms with Gasteiger partial charge in [-0.25, -0.2) is 0 Å². The van der Waals surface area contributed by atoms with Gasteiger partial charge in [0.05, 0.1) is 13.1 Å². The summed E-state index contributed by atoms with van der Waals surface area (Å²) < 4.78 is 0. The SMILES string of the molecule is CCNC(=NCC(C)SC)N1CCN(CC(=O)N2CCCCCC2)CC1.I. The van der Waals surface area contributed by atoms with Crippen molar-refractivity contribution in [1.29, 1.82) is 0 Å². The van der Waals surface area contributed by atoms with Crippen molar-refractivity contribution in [1.82, 2.24) is 20.0 Å². The molecule has 6 nitrogen and oxygen atoms in total. The molecule has 2 saturated heterocycles. The van der Waals surface area contributed by atoms with Crippen molar-refractivity contribution < 1.29 is 4.79 Å². The van der Waals surface area contributed by atoms with Gasteiger partial charge in [-0.1, -0.05) is 19.8 Å². The number of thioether (sulfide) groups is 1. The number of aliphatic imine (C=N–C) groups is 1. The highest BCUT2D eigenvalue weighted by atomic mass is 127. The summed E-state index contributed by atoms with van der Waals surface area (Å²) in [6.45, 7) is 12.3. The topological polar surface area (TPSA) is 51.2 Å². The molecule has 0 aromatic heterocycles. The molecular formula is C19H38IN5OS. The Hall–Kier alpha value is -0.220. The van der Waals surface area contributed by atoms with E-state index in [-0.39, 0.29) is 24.0 Å². The van der Waals surface area contributed by atoms with Crippen LogP contribution in [-0.2, 0) is 4.79 Å². The molecular weight excluding hydrogens is 473 g/mol. The fourth-order valence-electron chi connectivity index (χ4n) is 3.44. The van der Waals surface area contributed by atoms with Gasteiger partial charge in [-0.15, -0.1) is 24.0 Å². The van der Waals surface area contributed by atoms with E-state index in [4.69, 9.17) is 4.99 Å². The maximum absolute atomic E-state index is 12.6. The van der Waals surface area contributed by atoms with Crippen molar-refractivity contribution in [3.8, 4) is 0 Å². The molecule has 27 heavy (non-hydrogen) atoms. The Bertz CT molecular complexity index is 449. The number of carbonyl (C=O) groups excluding carboxylic acids is 1. The lowest BCUT2D eigenvalue weighted by molar-refractivity contribution is -0.132. The predicted octanol–water partition coefficient (Wildman–Crippen LogP) is 2.34. The maximum atomic E-state index is 12.6. The Labute approximate surface area is 186 Å². The Morgan fingerprint density at radius 1 is 1.04 bits per heavy atom. The second-order valence-electron chi connectivity index (χ2n) is 7.30. The lowest BCUT2D eigenvalue weighted by Crippen LogP contribution is -2.54. The van der Waals surface area contributed by atoms with Crippen LogP contribution in [0.25, 0.3) is 0 Å². The molecule has 1 unspecified atom stereocenters. The number of hydrogen-bond donors (Lipinski definition) is 1. The lowest BCUT2D eigenvalue weighted by Gasteiger charge is -2.37. The molecule has 0 bridgehead atoms. The quantitative estimate of drug-likeness (QED) is 0.337. The second kappa shape index (κ2) is 13.9. The molecule has 0 radical (unpaired) electrons. The Balaban J connectivity index is 0.00000364. The minimum absolute atomic E-state index is 0. The van der Waals surface area contributed by atoms with E-state index in [0.29, 0.717) is 17.7 Å². The minimum Gasteiger partial charge on any atom is -0.357 e. The third-order valence-electron chi connectivity index (χ3n) is 5.22. The van der Waals surface area contributed by atoms with E-state index in [2.05, 4.69) is 40.1 Å². The van der Waals surface area contributed by atoms with Crippen LogP contribution in [0.15, 0.2) is 4.99 Å². The van der Waals surface area contributed by atoms with Crippen LogP contribution in [0.5, 0.6) is 0 Å². The van der Waals surface area contributed by atoms with E-state index in [1.165, 1.54) is 12.8 Å². The average Bonchev–Trinajstić information content (AvgIpc) is 2.95. The van der Waals surface area contributed by atoms with Crippen LogP contribution in [0.4, 0.5) is 0 Å². The molecule has 0 aromatic rings. The average molecular weight is 512 g/mol. The first-order valence-electron chi connectivity index (χ1n) is 10.2. The number of nitrogens with one attached hydrogen (secondary N) is 1. The summed E-state index contributed by atoms with van der Waals surface area (Å²) in [5, 5.41) is 3.96. The number of guanidine groups is 1. The van der Waals surface area contributed by atoms with Crippen LogP contribution in [0.2, 0.25) is 0 Å². The summed E-state index contributed by atoms with van der Waals surface area (Å²) in [5.74, 6) is 1.33. The number of amides is 1. The van der Waals surface area contributed by atoms with Crippen molar-refractivity contribution in [3.63, 3.8) is 0 Å². The number of halogens is 1. The highest BCUT2D eigenvalue weighted by Crippen LogP contribution is 2.11. The van der Waals surface area contributed by atoms with Gasteiger partial charge in [0.25, 0.3) is 0 Å². The molecule has 2 rings (SSSR count). The number of nitrogens with zero attached hydrogens (tertiary/aromatic N) is 4. The van der Waals surface area contributed by atoms with Crippen LogP contribution >= 0.6 is 35.7 Å². The molecule has 0 aromatic carbocycles. The van der Waals surface area contributed by atoms with Gasteiger partial charge in [0.2, 0.25) is 5.91 Å². The van der Waals surface area contributed by atoms with Gasteiger partial charge in [0.1, 0.15) is 0 Å². The number of hydrogen-bond acceptors (Lipinski definition) is 4.